The van der Waals surface area contributed by atoms with Crippen LogP contribution in [0.15, 0.2) is 12.1 Å². The highest BCUT2D eigenvalue weighted by Crippen LogP contribution is 2.30. The van der Waals surface area contributed by atoms with E-state index in [0.29, 0.717) is 54.7 Å². The monoisotopic (exact) mass is 368 g/mol. The third-order valence-electron chi connectivity index (χ3n) is 4.03. The number of hydrogen-bond donors (Lipinski definition) is 2. The second-order valence-corrected chi connectivity index (χ2v) is 6.77. The minimum absolute atomic E-state index is 0.00163. The Kier molecular flexibility index (Phi) is 6.50. The van der Waals surface area contributed by atoms with E-state index in [0.717, 1.165) is 0 Å². The van der Waals surface area contributed by atoms with Crippen LogP contribution in [0.4, 0.5) is 5.69 Å². The quantitative estimate of drug-likeness (QED) is 0.763. The lowest BCUT2D eigenvalue weighted by atomic mass is 10.1. The Morgan fingerprint density at radius 3 is 2.48 bits per heavy atom. The Bertz CT molecular complexity index is 643. The average Bonchev–Trinajstić information content (AvgIpc) is 2.56. The molecule has 1 fully saturated rings. The molecule has 0 aromatic heterocycles. The first-order chi connectivity index (χ1) is 11.8. The van der Waals surface area contributed by atoms with Crippen LogP contribution in [0, 0.1) is 0 Å². The van der Waals surface area contributed by atoms with E-state index in [1.165, 1.54) is 7.11 Å². The van der Waals surface area contributed by atoms with Crippen molar-refractivity contribution >= 4 is 29.1 Å². The molecule has 2 rings (SSSR count). The normalized spacial score (nSPS) is 15.3. The van der Waals surface area contributed by atoms with Crippen molar-refractivity contribution in [1.82, 2.24) is 15.1 Å². The van der Waals surface area contributed by atoms with Crippen LogP contribution in [0.2, 0.25) is 5.02 Å². The standard InChI is InChI=1S/C17H25ClN4O3/c1-11(2)20-16(23)10-21-4-6-22(7-5-21)17(24)12-8-13(18)14(19)9-15(12)25-3/h8-9,11H,4-7,10,19H2,1-3H3,(H,20,23). The van der Waals surface area contributed by atoms with Gasteiger partial charge in [-0.05, 0) is 19.9 Å². The van der Waals surface area contributed by atoms with Gasteiger partial charge in [0.25, 0.3) is 5.91 Å². The molecule has 1 aliphatic heterocycles. The summed E-state index contributed by atoms with van der Waals surface area (Å²) >= 11 is 6.04. The Labute approximate surface area is 153 Å². The van der Waals surface area contributed by atoms with Gasteiger partial charge in [0.2, 0.25) is 5.91 Å². The molecule has 0 radical (unpaired) electrons. The third kappa shape index (κ3) is 4.99. The van der Waals surface area contributed by atoms with Crippen molar-refractivity contribution < 1.29 is 14.3 Å². The maximum absolute atomic E-state index is 12.8. The Morgan fingerprint density at radius 2 is 1.92 bits per heavy atom. The minimum atomic E-state index is -0.148. The smallest absolute Gasteiger partial charge is 0.257 e. The average molecular weight is 369 g/mol. The summed E-state index contributed by atoms with van der Waals surface area (Å²) in [5.74, 6) is 0.262. The number of amides is 2. The van der Waals surface area contributed by atoms with Gasteiger partial charge in [-0.1, -0.05) is 11.6 Å². The molecule has 0 aliphatic carbocycles. The van der Waals surface area contributed by atoms with Gasteiger partial charge >= 0.3 is 0 Å². The van der Waals surface area contributed by atoms with Crippen molar-refractivity contribution in [3.63, 3.8) is 0 Å². The number of nitrogen functional groups attached to an aromatic ring is 1. The fourth-order valence-electron chi connectivity index (χ4n) is 2.76. The molecule has 0 unspecified atom stereocenters. The van der Waals surface area contributed by atoms with Crippen molar-refractivity contribution in [1.29, 1.82) is 0 Å². The molecule has 1 saturated heterocycles. The maximum atomic E-state index is 12.8. The zero-order valence-electron chi connectivity index (χ0n) is 14.8. The molecule has 7 nitrogen and oxygen atoms in total. The van der Waals surface area contributed by atoms with Crippen molar-refractivity contribution in [3.05, 3.63) is 22.7 Å². The van der Waals surface area contributed by atoms with Gasteiger partial charge < -0.3 is 20.7 Å². The number of benzene rings is 1. The van der Waals surface area contributed by atoms with Crippen LogP contribution < -0.4 is 15.8 Å². The SMILES string of the molecule is COc1cc(N)c(Cl)cc1C(=O)N1CCN(CC(=O)NC(C)C)CC1. The van der Waals surface area contributed by atoms with Gasteiger partial charge in [0.1, 0.15) is 5.75 Å². The molecule has 138 valence electrons. The summed E-state index contributed by atoms with van der Waals surface area (Å²) in [6, 6.07) is 3.22. The molecule has 25 heavy (non-hydrogen) atoms. The summed E-state index contributed by atoms with van der Waals surface area (Å²) in [6.45, 7) is 6.57. The first kappa shape index (κ1) is 19.3. The fraction of sp³-hybridized carbons (Fsp3) is 0.529. The summed E-state index contributed by atoms with van der Waals surface area (Å²) in [6.07, 6.45) is 0. The Hall–Kier alpha value is -1.99. The molecule has 1 aromatic carbocycles. The highest BCUT2D eigenvalue weighted by Gasteiger charge is 2.26. The van der Waals surface area contributed by atoms with Crippen molar-refractivity contribution in [2.75, 3.05) is 45.6 Å². The molecule has 1 heterocycles. The highest BCUT2D eigenvalue weighted by atomic mass is 35.5. The summed E-state index contributed by atoms with van der Waals surface area (Å²) in [7, 11) is 1.49. The van der Waals surface area contributed by atoms with E-state index in [4.69, 9.17) is 22.1 Å². The van der Waals surface area contributed by atoms with Crippen molar-refractivity contribution in [2.45, 2.75) is 19.9 Å². The van der Waals surface area contributed by atoms with Crippen LogP contribution in [0.1, 0.15) is 24.2 Å². The van der Waals surface area contributed by atoms with Crippen molar-refractivity contribution in [2.24, 2.45) is 0 Å². The second kappa shape index (κ2) is 8.40. The summed E-state index contributed by atoms with van der Waals surface area (Å²) in [5.41, 5.74) is 6.53. The molecule has 0 atom stereocenters. The van der Waals surface area contributed by atoms with Crippen LogP contribution in [0.5, 0.6) is 5.75 Å². The zero-order valence-corrected chi connectivity index (χ0v) is 15.6. The number of methoxy groups -OCH3 is 1. The summed E-state index contributed by atoms with van der Waals surface area (Å²) < 4.78 is 5.25. The second-order valence-electron chi connectivity index (χ2n) is 6.36. The number of nitrogens with two attached hydrogens (primary N) is 1. The van der Waals surface area contributed by atoms with Gasteiger partial charge in [-0.15, -0.1) is 0 Å². The third-order valence-corrected chi connectivity index (χ3v) is 4.35. The Morgan fingerprint density at radius 1 is 1.28 bits per heavy atom. The Balaban J connectivity index is 1.98. The summed E-state index contributed by atoms with van der Waals surface area (Å²) in [4.78, 5) is 28.4. The predicted molar refractivity (Wildman–Crippen MR) is 98.0 cm³/mol. The van der Waals surface area contributed by atoms with Gasteiger partial charge in [0.15, 0.2) is 0 Å². The lowest BCUT2D eigenvalue weighted by Crippen LogP contribution is -2.51. The zero-order chi connectivity index (χ0) is 18.6. The fourth-order valence-corrected chi connectivity index (χ4v) is 2.92. The molecule has 1 aromatic rings. The number of hydrogen-bond acceptors (Lipinski definition) is 5. The number of carbonyl (C=O) groups is 2. The number of anilines is 1. The van der Waals surface area contributed by atoms with E-state index in [-0.39, 0.29) is 17.9 Å². The molecular formula is C17H25ClN4O3. The van der Waals surface area contributed by atoms with E-state index < -0.39 is 0 Å². The van der Waals surface area contributed by atoms with Gasteiger partial charge in [-0.25, -0.2) is 0 Å². The van der Waals surface area contributed by atoms with Gasteiger partial charge in [-0.3, -0.25) is 14.5 Å². The number of rotatable bonds is 5. The molecule has 8 heteroatoms. The number of carbonyl (C=O) groups excluding carboxylic acids is 2. The number of piperazine rings is 1. The van der Waals surface area contributed by atoms with Crippen LogP contribution in [0.3, 0.4) is 0 Å². The van der Waals surface area contributed by atoms with E-state index in [1.807, 2.05) is 18.7 Å². The topological polar surface area (TPSA) is 87.9 Å². The maximum Gasteiger partial charge on any atom is 0.257 e. The lowest BCUT2D eigenvalue weighted by Gasteiger charge is -2.34. The van der Waals surface area contributed by atoms with Gasteiger partial charge in [0.05, 0.1) is 29.9 Å². The number of halogens is 1. The first-order valence-electron chi connectivity index (χ1n) is 8.25. The molecule has 1 aliphatic rings. The highest BCUT2D eigenvalue weighted by molar-refractivity contribution is 6.33. The number of nitrogens with one attached hydrogen (secondary N) is 1. The number of ether oxygens (including phenoxy) is 1. The van der Waals surface area contributed by atoms with Crippen LogP contribution in [-0.2, 0) is 4.79 Å². The largest absolute Gasteiger partial charge is 0.496 e. The van der Waals surface area contributed by atoms with Gasteiger partial charge in [0, 0.05) is 38.3 Å². The molecule has 2 amide bonds. The predicted octanol–water partition coefficient (Wildman–Crippen LogP) is 1.21. The lowest BCUT2D eigenvalue weighted by molar-refractivity contribution is -0.123. The van der Waals surface area contributed by atoms with E-state index in [2.05, 4.69) is 5.32 Å². The van der Waals surface area contributed by atoms with Crippen LogP contribution >= 0.6 is 11.6 Å². The van der Waals surface area contributed by atoms with E-state index >= 15 is 0 Å². The minimum Gasteiger partial charge on any atom is -0.496 e. The molecule has 0 bridgehead atoms. The molecule has 0 spiro atoms. The van der Waals surface area contributed by atoms with Gasteiger partial charge in [-0.2, -0.15) is 0 Å². The molecule has 3 N–H and O–H groups in total. The van der Waals surface area contributed by atoms with Crippen molar-refractivity contribution in [3.8, 4) is 5.75 Å². The van der Waals surface area contributed by atoms with Crippen LogP contribution in [-0.4, -0.2) is 67.5 Å². The first-order valence-corrected chi connectivity index (χ1v) is 8.63. The molecule has 0 saturated carbocycles. The number of nitrogens with zero attached hydrogens (tertiary/aromatic N) is 2. The van der Waals surface area contributed by atoms with Crippen LogP contribution in [0.25, 0.3) is 0 Å². The molecular weight excluding hydrogens is 344 g/mol. The van der Waals surface area contributed by atoms with E-state index in [1.54, 1.807) is 17.0 Å². The van der Waals surface area contributed by atoms with E-state index in [9.17, 15) is 9.59 Å². The summed E-state index contributed by atoms with van der Waals surface area (Å²) in [5, 5.41) is 3.20.